The molecule has 3 aromatic rings. The number of halogens is 1. The van der Waals surface area contributed by atoms with Crippen LogP contribution < -0.4 is 5.32 Å². The predicted octanol–water partition coefficient (Wildman–Crippen LogP) is 3.63. The molecular weight excluding hydrogens is 314 g/mol. The monoisotopic (exact) mass is 327 g/mol. The molecule has 23 heavy (non-hydrogen) atoms. The van der Waals surface area contributed by atoms with Gasteiger partial charge in [-0.3, -0.25) is 4.79 Å². The molecule has 0 saturated heterocycles. The van der Waals surface area contributed by atoms with Gasteiger partial charge in [-0.1, -0.05) is 29.3 Å². The standard InChI is InChI=1S/C17H14ClN3O2/c1-11-3-2-4-13(9-11)16(22)19-10-15-20-21-17(23-15)12-5-7-14(18)8-6-12/h2-9H,10H2,1H3,(H,19,22). The van der Waals surface area contributed by atoms with Crippen LogP contribution in [0.3, 0.4) is 0 Å². The van der Waals surface area contributed by atoms with Gasteiger partial charge in [-0.15, -0.1) is 10.2 Å². The molecule has 5 nitrogen and oxygen atoms in total. The van der Waals surface area contributed by atoms with Crippen LogP contribution in [0.5, 0.6) is 0 Å². The highest BCUT2D eigenvalue weighted by molar-refractivity contribution is 6.30. The lowest BCUT2D eigenvalue weighted by Crippen LogP contribution is -2.22. The molecule has 1 amide bonds. The Labute approximate surface area is 138 Å². The molecular formula is C17H14ClN3O2. The highest BCUT2D eigenvalue weighted by Gasteiger charge is 2.11. The minimum atomic E-state index is -0.181. The number of hydrogen-bond donors (Lipinski definition) is 1. The normalized spacial score (nSPS) is 10.5. The third-order valence-corrected chi connectivity index (χ3v) is 3.49. The van der Waals surface area contributed by atoms with Gasteiger partial charge in [0.2, 0.25) is 11.8 Å². The summed E-state index contributed by atoms with van der Waals surface area (Å²) in [7, 11) is 0. The molecule has 0 atom stereocenters. The van der Waals surface area contributed by atoms with Crippen LogP contribution in [0.15, 0.2) is 52.9 Å². The second-order valence-electron chi connectivity index (χ2n) is 5.06. The van der Waals surface area contributed by atoms with Crippen molar-refractivity contribution in [3.05, 3.63) is 70.6 Å². The molecule has 0 radical (unpaired) electrons. The zero-order chi connectivity index (χ0) is 16.2. The quantitative estimate of drug-likeness (QED) is 0.794. The summed E-state index contributed by atoms with van der Waals surface area (Å²) in [4.78, 5) is 12.1. The first-order valence-electron chi connectivity index (χ1n) is 7.05. The Morgan fingerprint density at radius 2 is 1.96 bits per heavy atom. The van der Waals surface area contributed by atoms with Crippen LogP contribution in [0.4, 0.5) is 0 Å². The van der Waals surface area contributed by atoms with Crippen molar-refractivity contribution in [3.63, 3.8) is 0 Å². The Morgan fingerprint density at radius 3 is 2.70 bits per heavy atom. The summed E-state index contributed by atoms with van der Waals surface area (Å²) in [5.74, 6) is 0.553. The van der Waals surface area contributed by atoms with Crippen LogP contribution in [-0.4, -0.2) is 16.1 Å². The molecule has 0 aliphatic rings. The second-order valence-corrected chi connectivity index (χ2v) is 5.50. The maximum Gasteiger partial charge on any atom is 0.251 e. The average Bonchev–Trinajstić information content (AvgIpc) is 3.02. The minimum Gasteiger partial charge on any atom is -0.419 e. The van der Waals surface area contributed by atoms with Crippen molar-refractivity contribution in [3.8, 4) is 11.5 Å². The lowest BCUT2D eigenvalue weighted by atomic mass is 10.1. The molecule has 3 rings (SSSR count). The number of carbonyl (C=O) groups excluding carboxylic acids is 1. The van der Waals surface area contributed by atoms with Crippen molar-refractivity contribution in [2.75, 3.05) is 0 Å². The molecule has 0 aliphatic carbocycles. The molecule has 1 N–H and O–H groups in total. The van der Waals surface area contributed by atoms with E-state index in [0.29, 0.717) is 22.4 Å². The van der Waals surface area contributed by atoms with Gasteiger partial charge in [0.15, 0.2) is 0 Å². The largest absolute Gasteiger partial charge is 0.419 e. The summed E-state index contributed by atoms with van der Waals surface area (Å²) in [6, 6.07) is 14.5. The van der Waals surface area contributed by atoms with Crippen molar-refractivity contribution in [2.24, 2.45) is 0 Å². The van der Waals surface area contributed by atoms with Crippen LogP contribution in [0, 0.1) is 6.92 Å². The van der Waals surface area contributed by atoms with E-state index >= 15 is 0 Å². The molecule has 6 heteroatoms. The maximum absolute atomic E-state index is 12.1. The van der Waals surface area contributed by atoms with E-state index in [2.05, 4.69) is 15.5 Å². The topological polar surface area (TPSA) is 68.0 Å². The Bertz CT molecular complexity index is 828. The van der Waals surface area contributed by atoms with Crippen molar-refractivity contribution < 1.29 is 9.21 Å². The van der Waals surface area contributed by atoms with Crippen molar-refractivity contribution in [2.45, 2.75) is 13.5 Å². The van der Waals surface area contributed by atoms with E-state index < -0.39 is 0 Å². The lowest BCUT2D eigenvalue weighted by Gasteiger charge is -2.03. The lowest BCUT2D eigenvalue weighted by molar-refractivity contribution is 0.0947. The van der Waals surface area contributed by atoms with Crippen LogP contribution >= 0.6 is 11.6 Å². The number of nitrogens with one attached hydrogen (secondary N) is 1. The van der Waals surface area contributed by atoms with Gasteiger partial charge in [0.05, 0.1) is 6.54 Å². The smallest absolute Gasteiger partial charge is 0.251 e. The number of amides is 1. The summed E-state index contributed by atoms with van der Waals surface area (Å²) in [5, 5.41) is 11.3. The number of aryl methyl sites for hydroxylation is 1. The van der Waals surface area contributed by atoms with Gasteiger partial charge in [0.25, 0.3) is 5.91 Å². The summed E-state index contributed by atoms with van der Waals surface area (Å²) in [5.41, 5.74) is 2.40. The summed E-state index contributed by atoms with van der Waals surface area (Å²) >= 11 is 5.84. The molecule has 0 bridgehead atoms. The zero-order valence-electron chi connectivity index (χ0n) is 12.4. The first-order chi connectivity index (χ1) is 11.1. The molecule has 0 spiro atoms. The predicted molar refractivity (Wildman–Crippen MR) is 87.1 cm³/mol. The molecule has 0 fully saturated rings. The molecule has 1 aromatic heterocycles. The van der Waals surface area contributed by atoms with Gasteiger partial charge in [-0.25, -0.2) is 0 Å². The van der Waals surface area contributed by atoms with Crippen LogP contribution in [-0.2, 0) is 6.54 Å². The summed E-state index contributed by atoms with van der Waals surface area (Å²) in [6.45, 7) is 2.11. The van der Waals surface area contributed by atoms with E-state index in [1.54, 1.807) is 30.3 Å². The number of hydrogen-bond acceptors (Lipinski definition) is 4. The first-order valence-corrected chi connectivity index (χ1v) is 7.43. The van der Waals surface area contributed by atoms with Gasteiger partial charge < -0.3 is 9.73 Å². The number of rotatable bonds is 4. The van der Waals surface area contributed by atoms with Crippen LogP contribution in [0.2, 0.25) is 5.02 Å². The van der Waals surface area contributed by atoms with Crippen LogP contribution in [0.25, 0.3) is 11.5 Å². The molecule has 0 aliphatic heterocycles. The van der Waals surface area contributed by atoms with E-state index in [4.69, 9.17) is 16.0 Å². The van der Waals surface area contributed by atoms with Gasteiger partial charge in [0, 0.05) is 16.1 Å². The highest BCUT2D eigenvalue weighted by atomic mass is 35.5. The van der Waals surface area contributed by atoms with E-state index in [1.807, 2.05) is 25.1 Å². The molecule has 0 unspecified atom stereocenters. The van der Waals surface area contributed by atoms with Crippen molar-refractivity contribution in [1.82, 2.24) is 15.5 Å². The van der Waals surface area contributed by atoms with E-state index in [9.17, 15) is 4.79 Å². The molecule has 1 heterocycles. The third kappa shape index (κ3) is 3.76. The van der Waals surface area contributed by atoms with Gasteiger partial charge >= 0.3 is 0 Å². The van der Waals surface area contributed by atoms with Gasteiger partial charge in [-0.05, 0) is 43.3 Å². The SMILES string of the molecule is Cc1cccc(C(=O)NCc2nnc(-c3ccc(Cl)cc3)o2)c1. The summed E-state index contributed by atoms with van der Waals surface area (Å²) in [6.07, 6.45) is 0. The number of carbonyl (C=O) groups is 1. The van der Waals surface area contributed by atoms with E-state index in [0.717, 1.165) is 11.1 Å². The molecule has 0 saturated carbocycles. The molecule has 2 aromatic carbocycles. The second kappa shape index (κ2) is 6.62. The fourth-order valence-corrected chi connectivity index (χ4v) is 2.20. The van der Waals surface area contributed by atoms with Crippen molar-refractivity contribution >= 4 is 17.5 Å². The third-order valence-electron chi connectivity index (χ3n) is 3.24. The number of benzene rings is 2. The van der Waals surface area contributed by atoms with Gasteiger partial charge in [-0.2, -0.15) is 0 Å². The Kier molecular flexibility index (Phi) is 4.39. The minimum absolute atomic E-state index is 0.174. The number of aromatic nitrogens is 2. The fourth-order valence-electron chi connectivity index (χ4n) is 2.08. The molecule has 116 valence electrons. The van der Waals surface area contributed by atoms with E-state index in [1.165, 1.54) is 0 Å². The van der Waals surface area contributed by atoms with E-state index in [-0.39, 0.29) is 12.5 Å². The zero-order valence-corrected chi connectivity index (χ0v) is 13.2. The fraction of sp³-hybridized carbons (Fsp3) is 0.118. The highest BCUT2D eigenvalue weighted by Crippen LogP contribution is 2.20. The number of nitrogens with zero attached hydrogens (tertiary/aromatic N) is 2. The Hall–Kier alpha value is -2.66. The first kappa shape index (κ1) is 15.2. The summed E-state index contributed by atoms with van der Waals surface area (Å²) < 4.78 is 5.54. The van der Waals surface area contributed by atoms with Gasteiger partial charge in [0.1, 0.15) is 0 Å². The van der Waals surface area contributed by atoms with Crippen molar-refractivity contribution in [1.29, 1.82) is 0 Å². The maximum atomic E-state index is 12.1. The Balaban J connectivity index is 1.65. The average molecular weight is 328 g/mol. The Morgan fingerprint density at radius 1 is 1.17 bits per heavy atom. The van der Waals surface area contributed by atoms with Crippen LogP contribution in [0.1, 0.15) is 21.8 Å².